The molecule has 0 radical (unpaired) electrons. The van der Waals surface area contributed by atoms with E-state index in [1.807, 2.05) is 38.1 Å². The lowest BCUT2D eigenvalue weighted by molar-refractivity contribution is -0.154. The van der Waals surface area contributed by atoms with Crippen molar-refractivity contribution < 1.29 is 23.9 Å². The topological polar surface area (TPSA) is 84.0 Å². The fourth-order valence-corrected chi connectivity index (χ4v) is 3.44. The van der Waals surface area contributed by atoms with Gasteiger partial charge in [0.15, 0.2) is 6.61 Å². The second kappa shape index (κ2) is 10.0. The number of nitrogens with zero attached hydrogens (tertiary/aromatic N) is 2. The number of hydrogen-bond acceptors (Lipinski definition) is 5. The number of carbonyl (C=O) groups is 4. The molecule has 3 amide bonds. The van der Waals surface area contributed by atoms with Gasteiger partial charge in [0.1, 0.15) is 6.54 Å². The zero-order valence-corrected chi connectivity index (χ0v) is 17.8. The van der Waals surface area contributed by atoms with Crippen LogP contribution in [0.3, 0.4) is 0 Å². The fourth-order valence-electron chi connectivity index (χ4n) is 3.44. The molecule has 0 fully saturated rings. The minimum absolute atomic E-state index is 0.0505. The normalized spacial score (nSPS) is 13.0. The quantitative estimate of drug-likeness (QED) is 0.482. The highest BCUT2D eigenvalue weighted by Crippen LogP contribution is 2.19. The van der Waals surface area contributed by atoms with Gasteiger partial charge in [0.25, 0.3) is 11.8 Å². The van der Waals surface area contributed by atoms with Crippen LogP contribution in [-0.4, -0.2) is 53.2 Å². The number of rotatable bonds is 8. The van der Waals surface area contributed by atoms with Crippen LogP contribution in [-0.2, 0) is 32.1 Å². The van der Waals surface area contributed by atoms with Crippen molar-refractivity contribution in [3.8, 4) is 0 Å². The van der Waals surface area contributed by atoms with Gasteiger partial charge in [-0.05, 0) is 30.5 Å². The second-order valence-corrected chi connectivity index (χ2v) is 7.58. The molecule has 0 aliphatic carbocycles. The van der Waals surface area contributed by atoms with E-state index >= 15 is 0 Å². The highest BCUT2D eigenvalue weighted by molar-refractivity contribution is 6.11. The minimum Gasteiger partial charge on any atom is -0.454 e. The lowest BCUT2D eigenvalue weighted by Crippen LogP contribution is -2.45. The summed E-state index contributed by atoms with van der Waals surface area (Å²) in [5, 5.41) is 0. The zero-order chi connectivity index (χ0) is 22.4. The molecule has 0 spiro atoms. The molecule has 7 heteroatoms. The summed E-state index contributed by atoms with van der Waals surface area (Å²) in [4.78, 5) is 52.2. The van der Waals surface area contributed by atoms with E-state index in [1.54, 1.807) is 29.2 Å². The van der Waals surface area contributed by atoms with Gasteiger partial charge in [-0.15, -0.1) is 0 Å². The highest BCUT2D eigenvalue weighted by atomic mass is 16.5. The average Bonchev–Trinajstić information content (AvgIpc) is 2.76. The molecule has 0 saturated heterocycles. The maximum Gasteiger partial charge on any atom is 0.326 e. The Kier molecular flexibility index (Phi) is 7.18. The van der Waals surface area contributed by atoms with Crippen LogP contribution in [0.5, 0.6) is 0 Å². The molecule has 0 bridgehead atoms. The lowest BCUT2D eigenvalue weighted by Gasteiger charge is -2.26. The molecule has 7 nitrogen and oxygen atoms in total. The molecule has 162 valence electrons. The Balaban J connectivity index is 1.56. The SMILES string of the molecule is CCCN(Cc1ccc(C)cc1)C(=O)COC(=O)CN1C(=O)Cc2ccccc2C1=O. The van der Waals surface area contributed by atoms with Gasteiger partial charge in [-0.25, -0.2) is 0 Å². The molecule has 3 rings (SSSR count). The first-order valence-electron chi connectivity index (χ1n) is 10.3. The lowest BCUT2D eigenvalue weighted by atomic mass is 9.98. The number of ether oxygens (including phenoxy) is 1. The van der Waals surface area contributed by atoms with Crippen LogP contribution in [0, 0.1) is 6.92 Å². The molecule has 31 heavy (non-hydrogen) atoms. The van der Waals surface area contributed by atoms with E-state index in [1.165, 1.54) is 0 Å². The summed E-state index contributed by atoms with van der Waals surface area (Å²) < 4.78 is 5.10. The smallest absolute Gasteiger partial charge is 0.326 e. The zero-order valence-electron chi connectivity index (χ0n) is 17.8. The van der Waals surface area contributed by atoms with Gasteiger partial charge in [0.05, 0.1) is 6.42 Å². The first-order chi connectivity index (χ1) is 14.9. The molecule has 0 saturated carbocycles. The van der Waals surface area contributed by atoms with E-state index in [0.29, 0.717) is 24.2 Å². The van der Waals surface area contributed by atoms with E-state index in [9.17, 15) is 19.2 Å². The van der Waals surface area contributed by atoms with Gasteiger partial charge in [-0.3, -0.25) is 24.1 Å². The Morgan fingerprint density at radius 2 is 1.77 bits per heavy atom. The van der Waals surface area contributed by atoms with E-state index in [4.69, 9.17) is 4.74 Å². The van der Waals surface area contributed by atoms with E-state index in [2.05, 4.69) is 0 Å². The van der Waals surface area contributed by atoms with Crippen LogP contribution in [0.4, 0.5) is 0 Å². The van der Waals surface area contributed by atoms with Gasteiger partial charge >= 0.3 is 5.97 Å². The third-order valence-corrected chi connectivity index (χ3v) is 5.12. The average molecular weight is 422 g/mol. The summed E-state index contributed by atoms with van der Waals surface area (Å²) in [5.74, 6) is -2.10. The third kappa shape index (κ3) is 5.57. The molecule has 2 aromatic rings. The monoisotopic (exact) mass is 422 g/mol. The molecule has 0 unspecified atom stereocenters. The summed E-state index contributed by atoms with van der Waals surface area (Å²) in [5.41, 5.74) is 3.17. The first-order valence-corrected chi connectivity index (χ1v) is 10.3. The van der Waals surface area contributed by atoms with Crippen LogP contribution in [0.15, 0.2) is 48.5 Å². The van der Waals surface area contributed by atoms with Crippen LogP contribution >= 0.6 is 0 Å². The van der Waals surface area contributed by atoms with Crippen molar-refractivity contribution in [1.29, 1.82) is 0 Å². The Hall–Kier alpha value is -3.48. The molecule has 0 N–H and O–H groups in total. The number of imide groups is 1. The molecule has 1 aliphatic rings. The van der Waals surface area contributed by atoms with Gasteiger partial charge in [-0.2, -0.15) is 0 Å². The van der Waals surface area contributed by atoms with Gasteiger partial charge in [0, 0.05) is 18.7 Å². The van der Waals surface area contributed by atoms with Crippen LogP contribution in [0.2, 0.25) is 0 Å². The van der Waals surface area contributed by atoms with Crippen molar-refractivity contribution in [3.63, 3.8) is 0 Å². The van der Waals surface area contributed by atoms with Crippen molar-refractivity contribution in [2.45, 2.75) is 33.2 Å². The number of benzene rings is 2. The van der Waals surface area contributed by atoms with Crippen molar-refractivity contribution in [2.24, 2.45) is 0 Å². The summed E-state index contributed by atoms with van der Waals surface area (Å²) in [6.45, 7) is 3.97. The van der Waals surface area contributed by atoms with Crippen molar-refractivity contribution in [3.05, 3.63) is 70.8 Å². The number of fused-ring (bicyclic) bond motifs is 1. The molecule has 1 aliphatic heterocycles. The van der Waals surface area contributed by atoms with E-state index in [-0.39, 0.29) is 12.3 Å². The Bertz CT molecular complexity index is 984. The number of hydrogen-bond donors (Lipinski definition) is 0. The Morgan fingerprint density at radius 1 is 1.06 bits per heavy atom. The number of aryl methyl sites for hydroxylation is 1. The summed E-state index contributed by atoms with van der Waals surface area (Å²) in [6, 6.07) is 14.7. The predicted molar refractivity (Wildman–Crippen MR) is 114 cm³/mol. The van der Waals surface area contributed by atoms with Crippen LogP contribution in [0.25, 0.3) is 0 Å². The fraction of sp³-hybridized carbons (Fsp3) is 0.333. The molecule has 0 aromatic heterocycles. The van der Waals surface area contributed by atoms with Crippen LogP contribution < -0.4 is 0 Å². The van der Waals surface area contributed by atoms with Crippen molar-refractivity contribution in [1.82, 2.24) is 9.80 Å². The third-order valence-electron chi connectivity index (χ3n) is 5.12. The molecule has 2 aromatic carbocycles. The molecular weight excluding hydrogens is 396 g/mol. The standard InChI is InChI=1S/C24H26N2O5/c1-3-12-25(14-18-10-8-17(2)9-11-18)22(28)16-31-23(29)15-26-21(27)13-19-6-4-5-7-20(19)24(26)30/h4-11H,3,12-16H2,1-2H3. The van der Waals surface area contributed by atoms with Gasteiger partial charge in [0.2, 0.25) is 5.91 Å². The van der Waals surface area contributed by atoms with E-state index in [0.717, 1.165) is 22.4 Å². The summed E-state index contributed by atoms with van der Waals surface area (Å²) in [6.07, 6.45) is 0.816. The van der Waals surface area contributed by atoms with Gasteiger partial charge in [-0.1, -0.05) is 55.0 Å². The summed E-state index contributed by atoms with van der Waals surface area (Å²) >= 11 is 0. The van der Waals surface area contributed by atoms with Crippen LogP contribution in [0.1, 0.15) is 40.4 Å². The predicted octanol–water partition coefficient (Wildman–Crippen LogP) is 2.50. The maximum atomic E-state index is 12.6. The first kappa shape index (κ1) is 22.2. The van der Waals surface area contributed by atoms with Crippen molar-refractivity contribution in [2.75, 3.05) is 19.7 Å². The number of amides is 3. The summed E-state index contributed by atoms with van der Waals surface area (Å²) in [7, 11) is 0. The highest BCUT2D eigenvalue weighted by Gasteiger charge is 2.32. The van der Waals surface area contributed by atoms with E-state index < -0.39 is 30.9 Å². The molecule has 1 heterocycles. The second-order valence-electron chi connectivity index (χ2n) is 7.58. The number of carbonyl (C=O) groups excluding carboxylic acids is 4. The number of esters is 1. The Morgan fingerprint density at radius 3 is 2.48 bits per heavy atom. The van der Waals surface area contributed by atoms with Gasteiger partial charge < -0.3 is 9.64 Å². The maximum absolute atomic E-state index is 12.6. The Labute approximate surface area is 181 Å². The van der Waals surface area contributed by atoms with Crippen molar-refractivity contribution >= 4 is 23.7 Å². The molecule has 0 atom stereocenters. The minimum atomic E-state index is -0.791. The molecular formula is C24H26N2O5. The largest absolute Gasteiger partial charge is 0.454 e.